The van der Waals surface area contributed by atoms with Crippen LogP contribution in [0.3, 0.4) is 0 Å². The van der Waals surface area contributed by atoms with Gasteiger partial charge in [-0.3, -0.25) is 4.98 Å². The van der Waals surface area contributed by atoms with Crippen LogP contribution in [0, 0.1) is 12.8 Å². The molecular formula is C18H21N7. The predicted octanol–water partition coefficient (Wildman–Crippen LogP) is 2.04. The van der Waals surface area contributed by atoms with Crippen LogP contribution in [0.5, 0.6) is 0 Å². The van der Waals surface area contributed by atoms with E-state index >= 15 is 0 Å². The summed E-state index contributed by atoms with van der Waals surface area (Å²) in [6.07, 6.45) is 11.0. The topological polar surface area (TPSA) is 72.6 Å². The Morgan fingerprint density at radius 2 is 2.08 bits per heavy atom. The van der Waals surface area contributed by atoms with Crippen LogP contribution in [0.4, 0.5) is 5.82 Å². The van der Waals surface area contributed by atoms with E-state index in [0.29, 0.717) is 5.92 Å². The molecule has 25 heavy (non-hydrogen) atoms. The van der Waals surface area contributed by atoms with Gasteiger partial charge >= 0.3 is 0 Å². The normalized spacial score (nSPS) is 17.2. The highest BCUT2D eigenvalue weighted by molar-refractivity contribution is 5.52. The zero-order chi connectivity index (χ0) is 17.2. The molecule has 3 aromatic rings. The summed E-state index contributed by atoms with van der Waals surface area (Å²) in [7, 11) is 1.97. The number of hydrogen-bond donors (Lipinski definition) is 0. The van der Waals surface area contributed by atoms with Gasteiger partial charge in [0.15, 0.2) is 0 Å². The maximum Gasteiger partial charge on any atom is 0.132 e. The second kappa shape index (κ2) is 6.58. The highest BCUT2D eigenvalue weighted by atomic mass is 15.2. The molecule has 0 radical (unpaired) electrons. The second-order valence-electron chi connectivity index (χ2n) is 6.61. The standard InChI is InChI=1S/C18H21N7/c1-13-5-18(22-11-21-13)25-4-3-14(10-25)6-15-7-19-8-16(23-15)17-9-20-12-24(17)2/h5,7-9,11-12,14H,3-4,6,10H2,1-2H3. The summed E-state index contributed by atoms with van der Waals surface area (Å²) in [5.74, 6) is 1.58. The number of aromatic nitrogens is 6. The number of nitrogens with zero attached hydrogens (tertiary/aromatic N) is 7. The Kier molecular flexibility index (Phi) is 4.13. The molecule has 7 heteroatoms. The maximum atomic E-state index is 4.78. The van der Waals surface area contributed by atoms with Crippen LogP contribution in [0.15, 0.2) is 37.3 Å². The van der Waals surface area contributed by atoms with Crippen molar-refractivity contribution in [3.63, 3.8) is 0 Å². The molecule has 4 rings (SSSR count). The van der Waals surface area contributed by atoms with Crippen LogP contribution in [-0.2, 0) is 13.5 Å². The first-order chi connectivity index (χ1) is 12.2. The summed E-state index contributed by atoms with van der Waals surface area (Å²) < 4.78 is 1.96. The predicted molar refractivity (Wildman–Crippen MR) is 95.0 cm³/mol. The van der Waals surface area contributed by atoms with Crippen LogP contribution in [0.2, 0.25) is 0 Å². The third kappa shape index (κ3) is 3.35. The average Bonchev–Trinajstić information content (AvgIpc) is 3.24. The van der Waals surface area contributed by atoms with E-state index in [1.54, 1.807) is 18.9 Å². The second-order valence-corrected chi connectivity index (χ2v) is 6.61. The molecule has 0 aliphatic carbocycles. The fourth-order valence-corrected chi connectivity index (χ4v) is 3.35. The molecule has 0 aromatic carbocycles. The van der Waals surface area contributed by atoms with Crippen molar-refractivity contribution in [2.45, 2.75) is 19.8 Å². The quantitative estimate of drug-likeness (QED) is 0.726. The van der Waals surface area contributed by atoms with Crippen LogP contribution in [0.25, 0.3) is 11.4 Å². The zero-order valence-electron chi connectivity index (χ0n) is 14.5. The van der Waals surface area contributed by atoms with Crippen LogP contribution >= 0.6 is 0 Å². The lowest BCUT2D eigenvalue weighted by molar-refractivity contribution is 0.576. The Bertz CT molecular complexity index is 873. The zero-order valence-corrected chi connectivity index (χ0v) is 14.5. The Morgan fingerprint density at radius 3 is 2.88 bits per heavy atom. The molecule has 0 saturated carbocycles. The Balaban J connectivity index is 1.46. The Hall–Kier alpha value is -2.83. The molecule has 3 aromatic heterocycles. The molecule has 1 saturated heterocycles. The van der Waals surface area contributed by atoms with Crippen LogP contribution in [0.1, 0.15) is 17.8 Å². The monoisotopic (exact) mass is 335 g/mol. The minimum atomic E-state index is 0.561. The number of imidazole rings is 1. The van der Waals surface area contributed by atoms with Crippen molar-refractivity contribution in [3.8, 4) is 11.4 Å². The molecule has 0 bridgehead atoms. The van der Waals surface area contributed by atoms with Gasteiger partial charge in [-0.05, 0) is 25.7 Å². The largest absolute Gasteiger partial charge is 0.356 e. The van der Waals surface area contributed by atoms with Gasteiger partial charge in [0.05, 0.1) is 30.1 Å². The SMILES string of the molecule is Cc1cc(N2CCC(Cc3cncc(-c4cncn4C)n3)C2)ncn1. The first-order valence-electron chi connectivity index (χ1n) is 8.50. The highest BCUT2D eigenvalue weighted by Crippen LogP contribution is 2.25. The van der Waals surface area contributed by atoms with E-state index in [-0.39, 0.29) is 0 Å². The summed E-state index contributed by atoms with van der Waals surface area (Å²) in [6.45, 7) is 4.02. The molecule has 1 atom stereocenters. The van der Waals surface area contributed by atoms with Gasteiger partial charge < -0.3 is 9.47 Å². The van der Waals surface area contributed by atoms with Gasteiger partial charge in [0, 0.05) is 38.1 Å². The highest BCUT2D eigenvalue weighted by Gasteiger charge is 2.24. The molecule has 1 unspecified atom stereocenters. The Morgan fingerprint density at radius 1 is 1.16 bits per heavy atom. The smallest absolute Gasteiger partial charge is 0.132 e. The van der Waals surface area contributed by atoms with Gasteiger partial charge in [-0.2, -0.15) is 0 Å². The van der Waals surface area contributed by atoms with Gasteiger partial charge in [-0.1, -0.05) is 0 Å². The molecule has 1 aliphatic rings. The lowest BCUT2D eigenvalue weighted by Gasteiger charge is -2.17. The van der Waals surface area contributed by atoms with Gasteiger partial charge in [-0.15, -0.1) is 0 Å². The summed E-state index contributed by atoms with van der Waals surface area (Å²) in [5.41, 5.74) is 3.89. The lowest BCUT2D eigenvalue weighted by atomic mass is 10.0. The van der Waals surface area contributed by atoms with E-state index in [0.717, 1.165) is 54.5 Å². The van der Waals surface area contributed by atoms with Crippen LogP contribution in [-0.4, -0.2) is 42.6 Å². The molecule has 4 heterocycles. The minimum Gasteiger partial charge on any atom is -0.356 e. The van der Waals surface area contributed by atoms with Crippen molar-refractivity contribution in [2.75, 3.05) is 18.0 Å². The third-order valence-corrected chi connectivity index (χ3v) is 4.66. The van der Waals surface area contributed by atoms with E-state index in [9.17, 15) is 0 Å². The van der Waals surface area contributed by atoms with Gasteiger partial charge in [-0.25, -0.2) is 19.9 Å². The summed E-state index contributed by atoms with van der Waals surface area (Å²) in [5, 5.41) is 0. The van der Waals surface area contributed by atoms with E-state index in [4.69, 9.17) is 4.98 Å². The van der Waals surface area contributed by atoms with E-state index in [1.807, 2.05) is 37.0 Å². The maximum absolute atomic E-state index is 4.78. The fraction of sp³-hybridized carbons (Fsp3) is 0.389. The summed E-state index contributed by atoms with van der Waals surface area (Å²) >= 11 is 0. The molecule has 1 fully saturated rings. The summed E-state index contributed by atoms with van der Waals surface area (Å²) in [4.78, 5) is 24.2. The molecule has 0 spiro atoms. The van der Waals surface area contributed by atoms with Gasteiger partial charge in [0.2, 0.25) is 0 Å². The Labute approximate surface area is 146 Å². The molecule has 0 amide bonds. The van der Waals surface area contributed by atoms with E-state index < -0.39 is 0 Å². The van der Waals surface area contributed by atoms with Crippen molar-refractivity contribution < 1.29 is 0 Å². The molecular weight excluding hydrogens is 314 g/mol. The van der Waals surface area contributed by atoms with Crippen LogP contribution < -0.4 is 4.90 Å². The van der Waals surface area contributed by atoms with Gasteiger partial charge in [0.25, 0.3) is 0 Å². The minimum absolute atomic E-state index is 0.561. The molecule has 128 valence electrons. The number of hydrogen-bond acceptors (Lipinski definition) is 6. The molecule has 7 nitrogen and oxygen atoms in total. The number of aryl methyl sites for hydroxylation is 2. The van der Waals surface area contributed by atoms with Crippen molar-refractivity contribution >= 4 is 5.82 Å². The third-order valence-electron chi connectivity index (χ3n) is 4.66. The van der Waals surface area contributed by atoms with Crippen molar-refractivity contribution in [2.24, 2.45) is 13.0 Å². The molecule has 0 N–H and O–H groups in total. The fourth-order valence-electron chi connectivity index (χ4n) is 3.35. The van der Waals surface area contributed by atoms with Crippen molar-refractivity contribution in [1.29, 1.82) is 0 Å². The van der Waals surface area contributed by atoms with Crippen molar-refractivity contribution in [1.82, 2.24) is 29.5 Å². The average molecular weight is 335 g/mol. The van der Waals surface area contributed by atoms with E-state index in [1.165, 1.54) is 0 Å². The molecule has 1 aliphatic heterocycles. The van der Waals surface area contributed by atoms with E-state index in [2.05, 4.69) is 24.8 Å². The van der Waals surface area contributed by atoms with Crippen molar-refractivity contribution in [3.05, 3.63) is 48.7 Å². The van der Waals surface area contributed by atoms with Gasteiger partial charge in [0.1, 0.15) is 17.8 Å². The first-order valence-corrected chi connectivity index (χ1v) is 8.50. The lowest BCUT2D eigenvalue weighted by Crippen LogP contribution is -2.21. The summed E-state index contributed by atoms with van der Waals surface area (Å²) in [6, 6.07) is 2.05. The number of rotatable bonds is 4. The number of anilines is 1. The first kappa shape index (κ1) is 15.7.